The van der Waals surface area contributed by atoms with Crippen LogP contribution in [0.25, 0.3) is 17.1 Å². The number of unbranched alkanes of at least 4 members (excludes halogenated alkanes) is 1. The monoisotopic (exact) mass is 447 g/mol. The van der Waals surface area contributed by atoms with Gasteiger partial charge in [0.2, 0.25) is 5.91 Å². The van der Waals surface area contributed by atoms with Crippen LogP contribution in [0.3, 0.4) is 0 Å². The van der Waals surface area contributed by atoms with Crippen LogP contribution in [0.15, 0.2) is 70.5 Å². The highest BCUT2D eigenvalue weighted by atomic mass is 32.2. The third-order valence-electron chi connectivity index (χ3n) is 4.99. The van der Waals surface area contributed by atoms with E-state index in [0.717, 1.165) is 23.5 Å². The van der Waals surface area contributed by atoms with Crippen molar-refractivity contribution < 1.29 is 9.32 Å². The van der Waals surface area contributed by atoms with Crippen LogP contribution >= 0.6 is 11.8 Å². The second-order valence-electron chi connectivity index (χ2n) is 7.50. The maximum absolute atomic E-state index is 12.3. The molecule has 1 amide bonds. The molecule has 0 bridgehead atoms. The number of amides is 1. The summed E-state index contributed by atoms with van der Waals surface area (Å²) in [6.45, 7) is 4.25. The number of aromatic nitrogens is 4. The van der Waals surface area contributed by atoms with Crippen LogP contribution < -0.4 is 5.32 Å². The maximum atomic E-state index is 12.3. The largest absolute Gasteiger partial charge is 0.363 e. The number of rotatable bonds is 9. The van der Waals surface area contributed by atoms with E-state index < -0.39 is 0 Å². The molecule has 0 spiro atoms. The molecule has 4 aromatic rings. The molecule has 0 unspecified atom stereocenters. The fraction of sp³-hybridized carbons (Fsp3) is 0.250. The van der Waals surface area contributed by atoms with Gasteiger partial charge < -0.3 is 9.84 Å². The van der Waals surface area contributed by atoms with Crippen LogP contribution in [0.5, 0.6) is 0 Å². The normalized spacial score (nSPS) is 10.9. The number of thioether (sulfide) groups is 1. The molecule has 0 atom stereocenters. The van der Waals surface area contributed by atoms with E-state index >= 15 is 0 Å². The van der Waals surface area contributed by atoms with Crippen LogP contribution in [0.1, 0.15) is 30.9 Å². The molecule has 0 aliphatic heterocycles. The molecule has 0 saturated heterocycles. The van der Waals surface area contributed by atoms with Gasteiger partial charge in [-0.3, -0.25) is 9.36 Å². The zero-order valence-corrected chi connectivity index (χ0v) is 18.9. The Morgan fingerprint density at radius 2 is 1.84 bits per heavy atom. The molecule has 0 aliphatic rings. The number of benzene rings is 2. The van der Waals surface area contributed by atoms with Crippen molar-refractivity contribution in [1.29, 1.82) is 0 Å². The minimum Gasteiger partial charge on any atom is -0.363 e. The highest BCUT2D eigenvalue weighted by Crippen LogP contribution is 2.28. The number of nitrogens with zero attached hydrogens (tertiary/aromatic N) is 4. The molecular formula is C24H25N5O2S. The topological polar surface area (TPSA) is 85.8 Å². The van der Waals surface area contributed by atoms with Gasteiger partial charge in [0.1, 0.15) is 6.26 Å². The highest BCUT2D eigenvalue weighted by Gasteiger charge is 2.17. The van der Waals surface area contributed by atoms with E-state index in [1.165, 1.54) is 42.0 Å². The second kappa shape index (κ2) is 10.3. The molecule has 2 heterocycles. The van der Waals surface area contributed by atoms with Crippen LogP contribution in [0.2, 0.25) is 0 Å². The van der Waals surface area contributed by atoms with Gasteiger partial charge in [0, 0.05) is 17.3 Å². The lowest BCUT2D eigenvalue weighted by atomic mass is 10.1. The molecule has 8 heteroatoms. The Labute approximate surface area is 191 Å². The first kappa shape index (κ1) is 21.8. The fourth-order valence-corrected chi connectivity index (χ4v) is 4.02. The first-order chi connectivity index (χ1) is 15.6. The Morgan fingerprint density at radius 1 is 1.06 bits per heavy atom. The predicted octanol–water partition coefficient (Wildman–Crippen LogP) is 5.30. The van der Waals surface area contributed by atoms with Crippen molar-refractivity contribution in [1.82, 2.24) is 19.9 Å². The van der Waals surface area contributed by atoms with E-state index in [4.69, 9.17) is 4.52 Å². The van der Waals surface area contributed by atoms with E-state index in [1.54, 1.807) is 6.07 Å². The average Bonchev–Trinajstić information content (AvgIpc) is 3.47. The molecule has 0 fully saturated rings. The van der Waals surface area contributed by atoms with Crippen LogP contribution in [0.4, 0.5) is 5.82 Å². The average molecular weight is 448 g/mol. The lowest BCUT2D eigenvalue weighted by Gasteiger charge is -2.11. The Balaban J connectivity index is 1.61. The lowest BCUT2D eigenvalue weighted by molar-refractivity contribution is -0.113. The third-order valence-corrected chi connectivity index (χ3v) is 5.92. The van der Waals surface area contributed by atoms with E-state index in [-0.39, 0.29) is 11.7 Å². The van der Waals surface area contributed by atoms with Crippen molar-refractivity contribution in [2.75, 3.05) is 11.1 Å². The van der Waals surface area contributed by atoms with Gasteiger partial charge in [-0.1, -0.05) is 72.2 Å². The van der Waals surface area contributed by atoms with Crippen LogP contribution in [-0.4, -0.2) is 31.6 Å². The van der Waals surface area contributed by atoms with Gasteiger partial charge in [-0.2, -0.15) is 0 Å². The van der Waals surface area contributed by atoms with Crippen molar-refractivity contribution >= 4 is 23.5 Å². The first-order valence-corrected chi connectivity index (χ1v) is 11.6. The molecule has 2 aromatic heterocycles. The van der Waals surface area contributed by atoms with Crippen molar-refractivity contribution in [3.63, 3.8) is 0 Å². The number of anilines is 1. The van der Waals surface area contributed by atoms with Gasteiger partial charge >= 0.3 is 0 Å². The van der Waals surface area contributed by atoms with Crippen LogP contribution in [-0.2, 0) is 11.2 Å². The fourth-order valence-electron chi connectivity index (χ4n) is 3.26. The number of hydrogen-bond acceptors (Lipinski definition) is 6. The minimum absolute atomic E-state index is 0.174. The molecule has 2 aromatic carbocycles. The number of aryl methyl sites for hydroxylation is 2. The molecular weight excluding hydrogens is 422 g/mol. The zero-order valence-electron chi connectivity index (χ0n) is 18.1. The lowest BCUT2D eigenvalue weighted by Crippen LogP contribution is -2.14. The van der Waals surface area contributed by atoms with Gasteiger partial charge in [0.15, 0.2) is 16.8 Å². The summed E-state index contributed by atoms with van der Waals surface area (Å²) in [6, 6.07) is 18.3. The van der Waals surface area contributed by atoms with E-state index in [9.17, 15) is 4.79 Å². The summed E-state index contributed by atoms with van der Waals surface area (Å²) in [5.41, 5.74) is 4.42. The smallest absolute Gasteiger partial charge is 0.236 e. The summed E-state index contributed by atoms with van der Waals surface area (Å²) in [7, 11) is 0. The molecule has 4 rings (SSSR count). The van der Waals surface area contributed by atoms with E-state index in [1.807, 2.05) is 16.7 Å². The van der Waals surface area contributed by atoms with Crippen LogP contribution in [0, 0.1) is 6.92 Å². The number of nitrogens with one attached hydrogen (secondary N) is 1. The summed E-state index contributed by atoms with van der Waals surface area (Å²) >= 11 is 1.33. The van der Waals surface area contributed by atoms with Gasteiger partial charge in [0.05, 0.1) is 5.75 Å². The van der Waals surface area contributed by atoms with Gasteiger partial charge in [-0.25, -0.2) is 0 Å². The summed E-state index contributed by atoms with van der Waals surface area (Å²) in [5, 5.41) is 15.9. The first-order valence-electron chi connectivity index (χ1n) is 10.6. The number of carbonyl (C=O) groups excluding carboxylic acids is 1. The summed E-state index contributed by atoms with van der Waals surface area (Å²) in [6.07, 6.45) is 4.81. The Bertz CT molecular complexity index is 1150. The van der Waals surface area contributed by atoms with Crippen molar-refractivity contribution in [2.24, 2.45) is 0 Å². The summed E-state index contributed by atoms with van der Waals surface area (Å²) in [5.74, 6) is 1.11. The van der Waals surface area contributed by atoms with Crippen molar-refractivity contribution in [3.05, 3.63) is 72.0 Å². The van der Waals surface area contributed by atoms with E-state index in [2.05, 4.69) is 70.9 Å². The molecule has 7 nitrogen and oxygen atoms in total. The summed E-state index contributed by atoms with van der Waals surface area (Å²) < 4.78 is 6.75. The second-order valence-corrected chi connectivity index (χ2v) is 8.44. The van der Waals surface area contributed by atoms with E-state index in [0.29, 0.717) is 11.0 Å². The standard InChI is InChI=1S/C24H25N5O2S/c1-3-4-5-18-8-12-20(13-9-18)29-23(19-10-6-17(2)7-11-19)26-27-24(29)32-16-22(30)25-21-14-15-31-28-21/h6-15H,3-5,16H2,1-2H3,(H,25,28,30). The predicted molar refractivity (Wildman–Crippen MR) is 126 cm³/mol. The molecule has 1 N–H and O–H groups in total. The maximum Gasteiger partial charge on any atom is 0.236 e. The van der Waals surface area contributed by atoms with Gasteiger partial charge in [-0.05, 0) is 37.5 Å². The highest BCUT2D eigenvalue weighted by molar-refractivity contribution is 7.99. The zero-order chi connectivity index (χ0) is 22.3. The molecule has 0 radical (unpaired) electrons. The van der Waals surface area contributed by atoms with Crippen molar-refractivity contribution in [3.8, 4) is 17.1 Å². The number of hydrogen-bond donors (Lipinski definition) is 1. The SMILES string of the molecule is CCCCc1ccc(-n2c(SCC(=O)Nc3ccon3)nnc2-c2ccc(C)cc2)cc1. The third kappa shape index (κ3) is 5.26. The molecule has 0 aliphatic carbocycles. The quantitative estimate of drug-likeness (QED) is 0.350. The molecule has 32 heavy (non-hydrogen) atoms. The number of carbonyl (C=O) groups is 1. The van der Waals surface area contributed by atoms with Gasteiger partial charge in [-0.15, -0.1) is 10.2 Å². The molecule has 164 valence electrons. The summed E-state index contributed by atoms with van der Waals surface area (Å²) in [4.78, 5) is 12.3. The minimum atomic E-state index is -0.190. The molecule has 0 saturated carbocycles. The van der Waals surface area contributed by atoms with Gasteiger partial charge in [0.25, 0.3) is 0 Å². The Kier molecular flexibility index (Phi) is 7.01. The van der Waals surface area contributed by atoms with Crippen molar-refractivity contribution in [2.45, 2.75) is 38.3 Å². The Morgan fingerprint density at radius 3 is 2.53 bits per heavy atom. The Hall–Kier alpha value is -3.39.